The summed E-state index contributed by atoms with van der Waals surface area (Å²) in [6, 6.07) is 12.8. The van der Waals surface area contributed by atoms with E-state index >= 15 is 0 Å². The van der Waals surface area contributed by atoms with Gasteiger partial charge in [-0.15, -0.1) is 11.3 Å². The van der Waals surface area contributed by atoms with Crippen LogP contribution in [0.1, 0.15) is 23.4 Å². The number of carboxylic acid groups (broad SMARTS) is 1. The molecule has 3 aromatic rings. The first-order chi connectivity index (χ1) is 12.1. The molecule has 2 aromatic carbocycles. The molecule has 0 saturated carbocycles. The highest BCUT2D eigenvalue weighted by Gasteiger charge is 2.12. The Morgan fingerprint density at radius 2 is 2.04 bits per heavy atom. The molecule has 0 atom stereocenters. The van der Waals surface area contributed by atoms with Crippen molar-refractivity contribution >= 4 is 39.2 Å². The van der Waals surface area contributed by atoms with E-state index in [2.05, 4.69) is 4.98 Å². The van der Waals surface area contributed by atoms with Crippen LogP contribution in [0.15, 0.2) is 42.5 Å². The van der Waals surface area contributed by atoms with Gasteiger partial charge in [-0.1, -0.05) is 18.2 Å². The summed E-state index contributed by atoms with van der Waals surface area (Å²) in [6.07, 6.45) is 2.29. The molecule has 0 bridgehead atoms. The fraction of sp³-hybridized carbons (Fsp3) is 0.158. The van der Waals surface area contributed by atoms with Gasteiger partial charge in [-0.3, -0.25) is 4.79 Å². The second-order valence-corrected chi connectivity index (χ2v) is 6.51. The molecule has 0 spiro atoms. The zero-order valence-electron chi connectivity index (χ0n) is 13.6. The average molecular weight is 355 g/mol. The van der Waals surface area contributed by atoms with E-state index in [9.17, 15) is 9.90 Å². The molecule has 1 heterocycles. The number of phenols is 1. The molecule has 25 heavy (non-hydrogen) atoms. The second kappa shape index (κ2) is 7.36. The normalized spacial score (nSPS) is 11.6. The monoisotopic (exact) mass is 355 g/mol. The maximum Gasteiger partial charge on any atom is 0.303 e. The molecule has 128 valence electrons. The Labute approximate surface area is 148 Å². The van der Waals surface area contributed by atoms with Gasteiger partial charge in [0.1, 0.15) is 5.01 Å². The predicted octanol–water partition coefficient (Wildman–Crippen LogP) is 4.42. The molecule has 0 aliphatic carbocycles. The van der Waals surface area contributed by atoms with Crippen LogP contribution in [-0.4, -0.2) is 28.3 Å². The Morgan fingerprint density at radius 1 is 1.24 bits per heavy atom. The number of thiazole rings is 1. The van der Waals surface area contributed by atoms with Crippen LogP contribution in [0.4, 0.5) is 0 Å². The quantitative estimate of drug-likeness (QED) is 0.684. The van der Waals surface area contributed by atoms with Gasteiger partial charge in [0, 0.05) is 6.42 Å². The number of aromatic nitrogens is 1. The van der Waals surface area contributed by atoms with Crippen molar-refractivity contribution in [2.45, 2.75) is 12.8 Å². The highest BCUT2D eigenvalue weighted by molar-refractivity contribution is 7.19. The third-order valence-corrected chi connectivity index (χ3v) is 4.83. The van der Waals surface area contributed by atoms with Gasteiger partial charge >= 0.3 is 5.97 Å². The lowest BCUT2D eigenvalue weighted by Crippen LogP contribution is -1.95. The molecule has 1 aromatic heterocycles. The van der Waals surface area contributed by atoms with Crippen LogP contribution in [0.3, 0.4) is 0 Å². The van der Waals surface area contributed by atoms with Crippen molar-refractivity contribution in [3.63, 3.8) is 0 Å². The number of allylic oxidation sites excluding steroid dienone is 1. The standard InChI is InChI=1S/C19H17NO4S/c1-24-16-11-12(6-8-15(16)21)10-13(7-9-18(22)23)19-20-14-4-2-3-5-17(14)25-19/h2-6,8,10-11,21H,7,9H2,1H3,(H,22,23)/b13-10+. The molecule has 0 aliphatic rings. The van der Waals surface area contributed by atoms with Crippen molar-refractivity contribution in [3.8, 4) is 11.5 Å². The molecule has 0 unspecified atom stereocenters. The van der Waals surface area contributed by atoms with E-state index in [1.165, 1.54) is 18.4 Å². The number of hydrogen-bond donors (Lipinski definition) is 2. The molecule has 0 saturated heterocycles. The molecule has 0 radical (unpaired) electrons. The Kier molecular flexibility index (Phi) is 5.00. The van der Waals surface area contributed by atoms with Crippen LogP contribution in [0.5, 0.6) is 11.5 Å². The van der Waals surface area contributed by atoms with E-state index in [0.29, 0.717) is 12.2 Å². The van der Waals surface area contributed by atoms with Gasteiger partial charge in [0.2, 0.25) is 0 Å². The molecule has 0 amide bonds. The van der Waals surface area contributed by atoms with Crippen LogP contribution >= 0.6 is 11.3 Å². The number of nitrogens with zero attached hydrogens (tertiary/aromatic N) is 1. The Bertz CT molecular complexity index is 913. The molecule has 6 heteroatoms. The van der Waals surface area contributed by atoms with Crippen molar-refractivity contribution in [1.29, 1.82) is 0 Å². The Balaban J connectivity index is 2.03. The number of fused-ring (bicyclic) bond motifs is 1. The Hall–Kier alpha value is -2.86. The van der Waals surface area contributed by atoms with Crippen LogP contribution in [0, 0.1) is 0 Å². The minimum atomic E-state index is -0.852. The Morgan fingerprint density at radius 3 is 2.76 bits per heavy atom. The van der Waals surface area contributed by atoms with E-state index < -0.39 is 5.97 Å². The maximum absolute atomic E-state index is 11.0. The third-order valence-electron chi connectivity index (χ3n) is 3.72. The highest BCUT2D eigenvalue weighted by Crippen LogP contribution is 2.33. The second-order valence-electron chi connectivity index (χ2n) is 5.48. The van der Waals surface area contributed by atoms with Crippen molar-refractivity contribution in [1.82, 2.24) is 4.98 Å². The number of methoxy groups -OCH3 is 1. The lowest BCUT2D eigenvalue weighted by Gasteiger charge is -2.06. The summed E-state index contributed by atoms with van der Waals surface area (Å²) < 4.78 is 6.19. The molecular weight excluding hydrogens is 338 g/mol. The zero-order chi connectivity index (χ0) is 17.8. The van der Waals surface area contributed by atoms with Gasteiger partial charge in [0.15, 0.2) is 11.5 Å². The van der Waals surface area contributed by atoms with E-state index in [4.69, 9.17) is 9.84 Å². The molecule has 5 nitrogen and oxygen atoms in total. The number of aromatic hydroxyl groups is 1. The summed E-state index contributed by atoms with van der Waals surface area (Å²) in [4.78, 5) is 15.6. The third kappa shape index (κ3) is 3.97. The largest absolute Gasteiger partial charge is 0.504 e. The van der Waals surface area contributed by atoms with Gasteiger partial charge < -0.3 is 14.9 Å². The molecule has 0 aliphatic heterocycles. The first kappa shape index (κ1) is 17.0. The van der Waals surface area contributed by atoms with Gasteiger partial charge in [0.05, 0.1) is 17.3 Å². The fourth-order valence-electron chi connectivity index (χ4n) is 2.48. The number of carboxylic acids is 1. The summed E-state index contributed by atoms with van der Waals surface area (Å²) in [5.74, 6) is -0.419. The summed E-state index contributed by atoms with van der Waals surface area (Å²) in [7, 11) is 1.49. The van der Waals surface area contributed by atoms with Crippen LogP contribution in [-0.2, 0) is 4.79 Å². The number of ether oxygens (including phenoxy) is 1. The lowest BCUT2D eigenvalue weighted by atomic mass is 10.1. The van der Waals surface area contributed by atoms with Crippen LogP contribution < -0.4 is 4.74 Å². The summed E-state index contributed by atoms with van der Waals surface area (Å²) in [5, 5.41) is 19.6. The van der Waals surface area contributed by atoms with Gasteiger partial charge in [-0.25, -0.2) is 4.98 Å². The molecule has 0 fully saturated rings. The van der Waals surface area contributed by atoms with Gasteiger partial charge in [-0.2, -0.15) is 0 Å². The molecular formula is C19H17NO4S. The maximum atomic E-state index is 11.0. The number of hydrogen-bond acceptors (Lipinski definition) is 5. The number of aliphatic carboxylic acids is 1. The summed E-state index contributed by atoms with van der Waals surface area (Å²) in [5.41, 5.74) is 2.55. The average Bonchev–Trinajstić information content (AvgIpc) is 3.03. The number of para-hydroxylation sites is 1. The molecule has 2 N–H and O–H groups in total. The fourth-order valence-corrected chi connectivity index (χ4v) is 3.49. The minimum absolute atomic E-state index is 0.0248. The van der Waals surface area contributed by atoms with E-state index in [0.717, 1.165) is 26.4 Å². The smallest absolute Gasteiger partial charge is 0.303 e. The topological polar surface area (TPSA) is 79.7 Å². The first-order valence-corrected chi connectivity index (χ1v) is 8.54. The van der Waals surface area contributed by atoms with Crippen molar-refractivity contribution in [2.24, 2.45) is 0 Å². The summed E-state index contributed by atoms with van der Waals surface area (Å²) in [6.45, 7) is 0. The van der Waals surface area contributed by atoms with Crippen molar-refractivity contribution < 1.29 is 19.7 Å². The summed E-state index contributed by atoms with van der Waals surface area (Å²) >= 11 is 1.54. The number of phenolic OH excluding ortho intramolecular Hbond substituents is 1. The number of rotatable bonds is 6. The zero-order valence-corrected chi connectivity index (χ0v) is 14.4. The van der Waals surface area contributed by atoms with Gasteiger partial charge in [0.25, 0.3) is 0 Å². The predicted molar refractivity (Wildman–Crippen MR) is 99.0 cm³/mol. The molecule has 3 rings (SSSR count). The van der Waals surface area contributed by atoms with Crippen molar-refractivity contribution in [2.75, 3.05) is 7.11 Å². The number of carbonyl (C=O) groups is 1. The highest BCUT2D eigenvalue weighted by atomic mass is 32.1. The van der Waals surface area contributed by atoms with E-state index in [1.807, 2.05) is 30.3 Å². The van der Waals surface area contributed by atoms with E-state index in [-0.39, 0.29) is 12.2 Å². The van der Waals surface area contributed by atoms with Gasteiger partial charge in [-0.05, 0) is 47.9 Å². The van der Waals surface area contributed by atoms with Crippen LogP contribution in [0.25, 0.3) is 21.9 Å². The van der Waals surface area contributed by atoms with E-state index in [1.54, 1.807) is 18.2 Å². The SMILES string of the molecule is COc1cc(/C=C(\CCC(=O)O)c2nc3ccccc3s2)ccc1O. The number of benzene rings is 2. The van der Waals surface area contributed by atoms with Crippen molar-refractivity contribution in [3.05, 3.63) is 53.0 Å². The minimum Gasteiger partial charge on any atom is -0.504 e. The van der Waals surface area contributed by atoms with Crippen LogP contribution in [0.2, 0.25) is 0 Å². The lowest BCUT2D eigenvalue weighted by molar-refractivity contribution is -0.136. The first-order valence-electron chi connectivity index (χ1n) is 7.72.